The van der Waals surface area contributed by atoms with Crippen LogP contribution >= 0.6 is 11.3 Å². The van der Waals surface area contributed by atoms with Gasteiger partial charge in [0.25, 0.3) is 5.91 Å². The fraction of sp³-hybridized carbons (Fsp3) is 0.0588. The van der Waals surface area contributed by atoms with E-state index in [4.69, 9.17) is 0 Å². The Morgan fingerprint density at radius 3 is 2.70 bits per heavy atom. The van der Waals surface area contributed by atoms with Gasteiger partial charge in [-0.3, -0.25) is 15.1 Å². The van der Waals surface area contributed by atoms with Gasteiger partial charge >= 0.3 is 6.36 Å². The number of halogens is 3. The first kappa shape index (κ1) is 18.3. The number of alkyl halides is 3. The Kier molecular flexibility index (Phi) is 5.05. The van der Waals surface area contributed by atoms with Gasteiger partial charge in [-0.25, -0.2) is 4.98 Å². The van der Waals surface area contributed by atoms with Crippen molar-refractivity contribution in [3.8, 4) is 23.2 Å². The molecule has 0 saturated heterocycles. The van der Waals surface area contributed by atoms with Gasteiger partial charge in [-0.1, -0.05) is 23.5 Å². The van der Waals surface area contributed by atoms with E-state index in [1.165, 1.54) is 12.1 Å². The number of anilines is 1. The second kappa shape index (κ2) is 7.43. The molecule has 0 bridgehead atoms. The molecule has 27 heavy (non-hydrogen) atoms. The van der Waals surface area contributed by atoms with Crippen LogP contribution in [-0.2, 0) is 0 Å². The second-order valence-electron chi connectivity index (χ2n) is 5.05. The minimum Gasteiger partial charge on any atom is -0.406 e. The third-order valence-electron chi connectivity index (χ3n) is 3.19. The molecule has 1 aromatic carbocycles. The van der Waals surface area contributed by atoms with E-state index in [-0.39, 0.29) is 15.6 Å². The lowest BCUT2D eigenvalue weighted by Crippen LogP contribution is -2.18. The maximum Gasteiger partial charge on any atom is 0.573 e. The van der Waals surface area contributed by atoms with Crippen molar-refractivity contribution in [2.24, 2.45) is 0 Å². The lowest BCUT2D eigenvalue weighted by atomic mass is 10.2. The van der Waals surface area contributed by atoms with Crippen LogP contribution in [0.3, 0.4) is 0 Å². The summed E-state index contributed by atoms with van der Waals surface area (Å²) < 4.78 is 40.7. The van der Waals surface area contributed by atoms with E-state index in [0.717, 1.165) is 23.5 Å². The quantitative estimate of drug-likeness (QED) is 0.720. The van der Waals surface area contributed by atoms with Crippen LogP contribution in [0.4, 0.5) is 18.3 Å². The highest BCUT2D eigenvalue weighted by Crippen LogP contribution is 2.30. The predicted molar refractivity (Wildman–Crippen MR) is 91.1 cm³/mol. The zero-order valence-electron chi connectivity index (χ0n) is 13.3. The largest absolute Gasteiger partial charge is 0.573 e. The van der Waals surface area contributed by atoms with E-state index >= 15 is 0 Å². The van der Waals surface area contributed by atoms with Gasteiger partial charge in [-0.2, -0.15) is 5.26 Å². The number of thiazole rings is 1. The Morgan fingerprint density at radius 2 is 2.04 bits per heavy atom. The van der Waals surface area contributed by atoms with Crippen LogP contribution in [-0.4, -0.2) is 22.2 Å². The molecule has 6 nitrogen and oxygen atoms in total. The van der Waals surface area contributed by atoms with Gasteiger partial charge in [0.2, 0.25) is 0 Å². The lowest BCUT2D eigenvalue weighted by molar-refractivity contribution is -0.274. The number of ether oxygens (including phenoxy) is 1. The van der Waals surface area contributed by atoms with Crippen LogP contribution in [0.25, 0.3) is 11.4 Å². The highest BCUT2D eigenvalue weighted by atomic mass is 32.1. The summed E-state index contributed by atoms with van der Waals surface area (Å²) in [6.07, 6.45) is -3.32. The smallest absolute Gasteiger partial charge is 0.406 e. The SMILES string of the molecule is N#Cc1sc(NC(=O)c2cccc(OC(F)(F)F)c2)nc1-c1ccccn1. The Morgan fingerprint density at radius 1 is 1.22 bits per heavy atom. The summed E-state index contributed by atoms with van der Waals surface area (Å²) in [7, 11) is 0. The Balaban J connectivity index is 1.82. The van der Waals surface area contributed by atoms with E-state index < -0.39 is 18.0 Å². The summed E-state index contributed by atoms with van der Waals surface area (Å²) in [5.41, 5.74) is 0.726. The maximum atomic E-state index is 12.3. The van der Waals surface area contributed by atoms with Gasteiger partial charge in [-0.15, -0.1) is 13.2 Å². The van der Waals surface area contributed by atoms with Crippen molar-refractivity contribution in [1.29, 1.82) is 5.26 Å². The molecule has 0 fully saturated rings. The number of aromatic nitrogens is 2. The number of hydrogen-bond donors (Lipinski definition) is 1. The first-order chi connectivity index (χ1) is 12.9. The van der Waals surface area contributed by atoms with Gasteiger partial charge in [-0.05, 0) is 30.3 Å². The third-order valence-corrected chi connectivity index (χ3v) is 4.06. The molecule has 0 saturated carbocycles. The number of nitriles is 1. The van der Waals surface area contributed by atoms with Crippen LogP contribution < -0.4 is 10.1 Å². The highest BCUT2D eigenvalue weighted by molar-refractivity contribution is 7.16. The van der Waals surface area contributed by atoms with Crippen LogP contribution in [0.1, 0.15) is 15.2 Å². The molecule has 3 rings (SSSR count). The number of carbonyl (C=O) groups is 1. The third kappa shape index (κ3) is 4.59. The molecule has 2 heterocycles. The number of nitrogens with zero attached hydrogens (tertiary/aromatic N) is 3. The average Bonchev–Trinajstić information content (AvgIpc) is 3.04. The summed E-state index contributed by atoms with van der Waals surface area (Å²) in [5.74, 6) is -1.20. The summed E-state index contributed by atoms with van der Waals surface area (Å²) in [4.78, 5) is 20.8. The molecule has 0 aliphatic carbocycles. The molecular formula is C17H9F3N4O2S. The first-order valence-electron chi connectivity index (χ1n) is 7.35. The molecule has 2 aromatic heterocycles. The number of carbonyl (C=O) groups excluding carboxylic acids is 1. The lowest BCUT2D eigenvalue weighted by Gasteiger charge is -2.09. The van der Waals surface area contributed by atoms with Crippen molar-refractivity contribution in [3.63, 3.8) is 0 Å². The second-order valence-corrected chi connectivity index (χ2v) is 6.05. The molecule has 1 amide bonds. The van der Waals surface area contributed by atoms with Crippen molar-refractivity contribution < 1.29 is 22.7 Å². The standard InChI is InChI=1S/C17H9F3N4O2S/c18-17(19,20)26-11-5-3-4-10(8-11)15(25)24-16-23-14(13(9-21)27-16)12-6-1-2-7-22-12/h1-8H,(H,23,24,25). The minimum atomic E-state index is -4.86. The molecule has 0 spiro atoms. The number of pyridine rings is 1. The highest BCUT2D eigenvalue weighted by Gasteiger charge is 2.31. The molecule has 1 N–H and O–H groups in total. The van der Waals surface area contributed by atoms with E-state index in [1.807, 2.05) is 6.07 Å². The van der Waals surface area contributed by atoms with Gasteiger partial charge in [0.1, 0.15) is 22.4 Å². The Bertz CT molecular complexity index is 1010. The number of hydrogen-bond acceptors (Lipinski definition) is 6. The average molecular weight is 390 g/mol. The fourth-order valence-electron chi connectivity index (χ4n) is 2.13. The number of amides is 1. The molecule has 0 radical (unpaired) electrons. The van der Waals surface area contributed by atoms with Crippen molar-refractivity contribution in [2.75, 3.05) is 5.32 Å². The van der Waals surface area contributed by atoms with Crippen molar-refractivity contribution in [3.05, 3.63) is 59.1 Å². The Hall–Kier alpha value is -3.45. The fourth-order valence-corrected chi connectivity index (χ4v) is 2.90. The van der Waals surface area contributed by atoms with E-state index in [1.54, 1.807) is 24.4 Å². The van der Waals surface area contributed by atoms with Crippen LogP contribution in [0.5, 0.6) is 5.75 Å². The van der Waals surface area contributed by atoms with E-state index in [9.17, 15) is 23.2 Å². The van der Waals surface area contributed by atoms with Gasteiger partial charge < -0.3 is 4.74 Å². The zero-order chi connectivity index (χ0) is 19.4. The number of benzene rings is 1. The molecule has 136 valence electrons. The monoisotopic (exact) mass is 390 g/mol. The van der Waals surface area contributed by atoms with E-state index in [2.05, 4.69) is 20.0 Å². The maximum absolute atomic E-state index is 12.3. The number of nitrogens with one attached hydrogen (secondary N) is 1. The first-order valence-corrected chi connectivity index (χ1v) is 8.17. The molecule has 0 atom stereocenters. The summed E-state index contributed by atoms with van der Waals surface area (Å²) in [5, 5.41) is 11.8. The van der Waals surface area contributed by atoms with Crippen LogP contribution in [0.15, 0.2) is 48.7 Å². The van der Waals surface area contributed by atoms with E-state index in [0.29, 0.717) is 11.4 Å². The van der Waals surface area contributed by atoms with Gasteiger partial charge in [0.15, 0.2) is 5.13 Å². The molecule has 0 unspecified atom stereocenters. The molecule has 0 aliphatic heterocycles. The van der Waals surface area contributed by atoms with Gasteiger partial charge in [0.05, 0.1) is 5.69 Å². The molecular weight excluding hydrogens is 381 g/mol. The Labute approximate surface area is 154 Å². The number of rotatable bonds is 4. The summed E-state index contributed by atoms with van der Waals surface area (Å²) in [6.45, 7) is 0. The van der Waals surface area contributed by atoms with Crippen molar-refractivity contribution >= 4 is 22.4 Å². The minimum absolute atomic E-state index is 0.0511. The summed E-state index contributed by atoms with van der Waals surface area (Å²) >= 11 is 0.936. The van der Waals surface area contributed by atoms with Crippen molar-refractivity contribution in [1.82, 2.24) is 9.97 Å². The normalized spacial score (nSPS) is 10.9. The molecule has 0 aliphatic rings. The topological polar surface area (TPSA) is 87.9 Å². The predicted octanol–water partition coefficient (Wildman–Crippen LogP) is 4.23. The van der Waals surface area contributed by atoms with Crippen LogP contribution in [0, 0.1) is 11.3 Å². The zero-order valence-corrected chi connectivity index (χ0v) is 14.1. The molecule has 3 aromatic rings. The molecule has 10 heteroatoms. The van der Waals surface area contributed by atoms with Crippen LogP contribution in [0.2, 0.25) is 0 Å². The summed E-state index contributed by atoms with van der Waals surface area (Å²) in [6, 6.07) is 11.7. The van der Waals surface area contributed by atoms with Crippen molar-refractivity contribution in [2.45, 2.75) is 6.36 Å². The van der Waals surface area contributed by atoms with Gasteiger partial charge in [0, 0.05) is 11.8 Å².